The second-order valence-electron chi connectivity index (χ2n) is 6.20. The molecule has 2 heterocycles. The van der Waals surface area contributed by atoms with Crippen LogP contribution in [-0.4, -0.2) is 64.5 Å². The van der Waals surface area contributed by atoms with E-state index in [-0.39, 0.29) is 5.91 Å². The van der Waals surface area contributed by atoms with Crippen molar-refractivity contribution >= 4 is 17.9 Å². The Morgan fingerprint density at radius 3 is 2.50 bits per heavy atom. The van der Waals surface area contributed by atoms with Gasteiger partial charge in [0.1, 0.15) is 12.1 Å². The Bertz CT molecular complexity index is 444. The first-order chi connectivity index (χ1) is 10.5. The molecule has 0 aromatic rings. The first-order valence-electron chi connectivity index (χ1n) is 8.07. The van der Waals surface area contributed by atoms with Crippen molar-refractivity contribution in [3.8, 4) is 0 Å². The van der Waals surface area contributed by atoms with Gasteiger partial charge in [-0.05, 0) is 25.8 Å². The van der Waals surface area contributed by atoms with Crippen LogP contribution < -0.4 is 5.32 Å². The Morgan fingerprint density at radius 2 is 1.91 bits per heavy atom. The third-order valence-electron chi connectivity index (χ3n) is 4.58. The quantitative estimate of drug-likeness (QED) is 0.541. The Morgan fingerprint density at radius 1 is 1.23 bits per heavy atom. The molecule has 0 aromatic heterocycles. The van der Waals surface area contributed by atoms with Crippen molar-refractivity contribution in [3.63, 3.8) is 0 Å². The number of hydrogen-bond donors (Lipinski definition) is 2. The second-order valence-corrected chi connectivity index (χ2v) is 6.20. The van der Waals surface area contributed by atoms with Crippen LogP contribution in [-0.2, 0) is 9.59 Å². The van der Waals surface area contributed by atoms with Gasteiger partial charge in [-0.2, -0.15) is 0 Å². The van der Waals surface area contributed by atoms with E-state index in [1.165, 1.54) is 19.3 Å². The van der Waals surface area contributed by atoms with Gasteiger partial charge >= 0.3 is 12.0 Å². The van der Waals surface area contributed by atoms with Crippen molar-refractivity contribution in [1.82, 2.24) is 15.1 Å². The van der Waals surface area contributed by atoms with Crippen LogP contribution in [0.4, 0.5) is 4.79 Å². The van der Waals surface area contributed by atoms with Gasteiger partial charge in [-0.3, -0.25) is 14.5 Å². The van der Waals surface area contributed by atoms with Crippen LogP contribution in [0.1, 0.15) is 45.4 Å². The minimum atomic E-state index is -1.17. The fraction of sp³-hybridized carbons (Fsp3) is 0.800. The molecule has 0 bridgehead atoms. The minimum Gasteiger partial charge on any atom is -0.480 e. The van der Waals surface area contributed by atoms with E-state index in [1.807, 2.05) is 0 Å². The summed E-state index contributed by atoms with van der Waals surface area (Å²) in [6.07, 6.45) is 5.95. The van der Waals surface area contributed by atoms with Gasteiger partial charge in [0.25, 0.3) is 5.91 Å². The average Bonchev–Trinajstić information content (AvgIpc) is 2.70. The van der Waals surface area contributed by atoms with E-state index >= 15 is 0 Å². The number of piperidine rings is 1. The molecule has 2 N–H and O–H groups in total. The van der Waals surface area contributed by atoms with E-state index in [0.29, 0.717) is 12.8 Å². The molecule has 2 rings (SSSR count). The highest BCUT2D eigenvalue weighted by molar-refractivity contribution is 6.08. The van der Waals surface area contributed by atoms with Crippen molar-refractivity contribution in [2.24, 2.45) is 0 Å². The highest BCUT2D eigenvalue weighted by atomic mass is 16.4. The van der Waals surface area contributed by atoms with Gasteiger partial charge in [0.2, 0.25) is 0 Å². The zero-order chi connectivity index (χ0) is 16.2. The molecule has 2 saturated heterocycles. The Labute approximate surface area is 130 Å². The highest BCUT2D eigenvalue weighted by Crippen LogP contribution is 2.29. The SMILES string of the molecule is CCCCCCN1CCC2(CC1)NC(=O)N(CC(=O)O)C2=O. The van der Waals surface area contributed by atoms with Crippen molar-refractivity contribution in [2.45, 2.75) is 51.0 Å². The molecule has 0 radical (unpaired) electrons. The Balaban J connectivity index is 1.86. The number of carboxylic acids is 1. The molecule has 3 amide bonds. The van der Waals surface area contributed by atoms with E-state index in [9.17, 15) is 14.4 Å². The summed E-state index contributed by atoms with van der Waals surface area (Å²) < 4.78 is 0. The molecular weight excluding hydrogens is 286 g/mol. The lowest BCUT2D eigenvalue weighted by Crippen LogP contribution is -2.55. The van der Waals surface area contributed by atoms with E-state index < -0.39 is 24.1 Å². The Hall–Kier alpha value is -1.63. The monoisotopic (exact) mass is 311 g/mol. The van der Waals surface area contributed by atoms with Crippen LogP contribution in [0.5, 0.6) is 0 Å². The predicted octanol–water partition coefficient (Wildman–Crippen LogP) is 1.04. The van der Waals surface area contributed by atoms with Crippen LogP contribution in [0.2, 0.25) is 0 Å². The number of likely N-dealkylation sites (tertiary alicyclic amines) is 1. The molecule has 2 aliphatic heterocycles. The standard InChI is InChI=1S/C15H25N3O4/c1-2-3-4-5-8-17-9-6-15(7-10-17)13(21)18(11-12(19)20)14(22)16-15/h2-11H2,1H3,(H,16,22)(H,19,20). The van der Waals surface area contributed by atoms with Crippen molar-refractivity contribution in [2.75, 3.05) is 26.2 Å². The molecule has 7 heteroatoms. The summed E-state index contributed by atoms with van der Waals surface area (Å²) in [6.45, 7) is 4.17. The number of hydrogen-bond acceptors (Lipinski definition) is 4. The van der Waals surface area contributed by atoms with Gasteiger partial charge < -0.3 is 15.3 Å². The number of carbonyl (C=O) groups excluding carboxylic acids is 2. The zero-order valence-electron chi connectivity index (χ0n) is 13.1. The summed E-state index contributed by atoms with van der Waals surface area (Å²) in [6, 6.07) is -0.580. The van der Waals surface area contributed by atoms with Crippen molar-refractivity contribution in [3.05, 3.63) is 0 Å². The van der Waals surface area contributed by atoms with E-state index in [0.717, 1.165) is 31.0 Å². The lowest BCUT2D eigenvalue weighted by Gasteiger charge is -2.37. The summed E-state index contributed by atoms with van der Waals surface area (Å²) in [4.78, 5) is 38.1. The number of carbonyl (C=O) groups is 3. The smallest absolute Gasteiger partial charge is 0.325 e. The fourth-order valence-electron chi connectivity index (χ4n) is 3.21. The molecule has 0 atom stereocenters. The lowest BCUT2D eigenvalue weighted by atomic mass is 9.87. The summed E-state index contributed by atoms with van der Waals surface area (Å²) in [5, 5.41) is 11.5. The number of nitrogens with zero attached hydrogens (tertiary/aromatic N) is 2. The van der Waals surface area contributed by atoms with Crippen LogP contribution >= 0.6 is 0 Å². The largest absolute Gasteiger partial charge is 0.480 e. The average molecular weight is 311 g/mol. The number of imide groups is 1. The number of unbranched alkanes of at least 4 members (excludes halogenated alkanes) is 3. The molecule has 2 aliphatic rings. The topological polar surface area (TPSA) is 90.0 Å². The van der Waals surface area contributed by atoms with E-state index in [4.69, 9.17) is 5.11 Å². The summed E-state index contributed by atoms with van der Waals surface area (Å²) >= 11 is 0. The van der Waals surface area contributed by atoms with Crippen LogP contribution in [0.15, 0.2) is 0 Å². The molecule has 0 saturated carbocycles. The number of aliphatic carboxylic acids is 1. The van der Waals surface area contributed by atoms with Gasteiger partial charge in [0, 0.05) is 13.1 Å². The molecule has 0 aliphatic carbocycles. The van der Waals surface area contributed by atoms with E-state index in [1.54, 1.807) is 0 Å². The molecule has 0 aromatic carbocycles. The third-order valence-corrected chi connectivity index (χ3v) is 4.58. The number of amides is 3. The van der Waals surface area contributed by atoms with Crippen LogP contribution in [0.25, 0.3) is 0 Å². The molecule has 7 nitrogen and oxygen atoms in total. The first-order valence-corrected chi connectivity index (χ1v) is 8.07. The molecule has 124 valence electrons. The lowest BCUT2D eigenvalue weighted by molar-refractivity contribution is -0.143. The van der Waals surface area contributed by atoms with Gasteiger partial charge in [-0.1, -0.05) is 26.2 Å². The number of carboxylic acid groups (broad SMARTS) is 1. The highest BCUT2D eigenvalue weighted by Gasteiger charge is 2.52. The van der Waals surface area contributed by atoms with Crippen molar-refractivity contribution in [1.29, 1.82) is 0 Å². The summed E-state index contributed by atoms with van der Waals surface area (Å²) in [5.74, 6) is -1.56. The normalized spacial score (nSPS) is 21.4. The van der Waals surface area contributed by atoms with Gasteiger partial charge in [-0.15, -0.1) is 0 Å². The molecule has 1 spiro atoms. The maximum Gasteiger partial charge on any atom is 0.325 e. The fourth-order valence-corrected chi connectivity index (χ4v) is 3.21. The van der Waals surface area contributed by atoms with Crippen LogP contribution in [0.3, 0.4) is 0 Å². The third kappa shape index (κ3) is 3.58. The minimum absolute atomic E-state index is 0.384. The second kappa shape index (κ2) is 7.09. The number of rotatable bonds is 7. The van der Waals surface area contributed by atoms with Gasteiger partial charge in [0.15, 0.2) is 0 Å². The maximum absolute atomic E-state index is 12.4. The van der Waals surface area contributed by atoms with Gasteiger partial charge in [-0.25, -0.2) is 4.79 Å². The Kier molecular flexibility index (Phi) is 5.39. The maximum atomic E-state index is 12.4. The molecule has 2 fully saturated rings. The molecule has 22 heavy (non-hydrogen) atoms. The van der Waals surface area contributed by atoms with Gasteiger partial charge in [0.05, 0.1) is 0 Å². The van der Waals surface area contributed by atoms with Crippen molar-refractivity contribution < 1.29 is 19.5 Å². The predicted molar refractivity (Wildman–Crippen MR) is 80.4 cm³/mol. The number of urea groups is 1. The first kappa shape index (κ1) is 16.7. The zero-order valence-corrected chi connectivity index (χ0v) is 13.1. The molecular formula is C15H25N3O4. The molecule has 0 unspecified atom stereocenters. The number of nitrogens with one attached hydrogen (secondary N) is 1. The van der Waals surface area contributed by atoms with Crippen LogP contribution in [0, 0.1) is 0 Å². The summed E-state index contributed by atoms with van der Waals surface area (Å²) in [5.41, 5.74) is -0.882. The summed E-state index contributed by atoms with van der Waals surface area (Å²) in [7, 11) is 0. The van der Waals surface area contributed by atoms with E-state index in [2.05, 4.69) is 17.1 Å².